The summed E-state index contributed by atoms with van der Waals surface area (Å²) in [6, 6.07) is 0. The lowest BCUT2D eigenvalue weighted by Gasteiger charge is -2.35. The van der Waals surface area contributed by atoms with Gasteiger partial charge in [-0.3, -0.25) is 24.2 Å². The molecule has 0 bridgehead atoms. The number of nitrogens with zero attached hydrogens (tertiary/aromatic N) is 7. The zero-order valence-corrected chi connectivity index (χ0v) is 18.7. The fourth-order valence-electron chi connectivity index (χ4n) is 3.50. The van der Waals surface area contributed by atoms with Gasteiger partial charge in [-0.25, -0.2) is 4.98 Å². The number of hydrogen-bond donors (Lipinski definition) is 2. The first-order valence-electron chi connectivity index (χ1n) is 10.4. The minimum atomic E-state index is 0.0911. The fourth-order valence-corrected chi connectivity index (χ4v) is 3.50. The normalized spacial score (nSPS) is 15.5. The van der Waals surface area contributed by atoms with Gasteiger partial charge in [-0.15, -0.1) is 0 Å². The van der Waals surface area contributed by atoms with Crippen molar-refractivity contribution in [1.82, 2.24) is 29.5 Å². The van der Waals surface area contributed by atoms with Gasteiger partial charge in [-0.05, 0) is 19.7 Å². The van der Waals surface area contributed by atoms with Gasteiger partial charge in [-0.2, -0.15) is 0 Å². The number of rotatable bonds is 7. The van der Waals surface area contributed by atoms with Gasteiger partial charge in [0.2, 0.25) is 5.91 Å². The van der Waals surface area contributed by atoms with Crippen LogP contribution in [0.1, 0.15) is 25.2 Å². The van der Waals surface area contributed by atoms with Crippen LogP contribution in [0, 0.1) is 5.41 Å². The maximum atomic E-state index is 11.6. The summed E-state index contributed by atoms with van der Waals surface area (Å²) in [4.78, 5) is 33.1. The van der Waals surface area contributed by atoms with Gasteiger partial charge in [0.25, 0.3) is 0 Å². The van der Waals surface area contributed by atoms with E-state index in [0.29, 0.717) is 55.3 Å². The van der Waals surface area contributed by atoms with Crippen molar-refractivity contribution in [3.05, 3.63) is 48.5 Å². The zero-order chi connectivity index (χ0) is 23.1. The smallest absolute Gasteiger partial charge is 0.219 e. The number of aliphatic imine (C=N–C) groups is 2. The van der Waals surface area contributed by atoms with Gasteiger partial charge < -0.3 is 20.5 Å². The molecule has 0 atom stereocenters. The summed E-state index contributed by atoms with van der Waals surface area (Å²) >= 11 is 0. The van der Waals surface area contributed by atoms with E-state index in [1.807, 2.05) is 21.6 Å². The third kappa shape index (κ3) is 5.26. The molecule has 0 radical (unpaired) electrons. The Morgan fingerprint density at radius 3 is 2.56 bits per heavy atom. The number of hydrogen-bond acceptors (Lipinski definition) is 7. The molecule has 10 nitrogen and oxygen atoms in total. The van der Waals surface area contributed by atoms with Crippen LogP contribution in [0.15, 0.2) is 47.1 Å². The number of nitrogens with one attached hydrogen (secondary N) is 2. The number of carbonyl (C=O) groups excluding carboxylic acids is 1. The summed E-state index contributed by atoms with van der Waals surface area (Å²) in [5.41, 5.74) is 3.42. The molecule has 0 aliphatic carbocycles. The van der Waals surface area contributed by atoms with Crippen LogP contribution in [0.5, 0.6) is 0 Å². The molecular weight excluding hydrogens is 406 g/mol. The van der Waals surface area contributed by atoms with E-state index in [2.05, 4.69) is 31.9 Å². The van der Waals surface area contributed by atoms with Crippen LogP contribution in [-0.4, -0.2) is 81.6 Å². The van der Waals surface area contributed by atoms with Crippen molar-refractivity contribution in [3.63, 3.8) is 0 Å². The third-order valence-corrected chi connectivity index (χ3v) is 5.22. The SMILES string of the molecule is C=N/C=C\C(=N/Cc1cnc2cnc(/C(=C/NC)C(C)=N)cn12)N1CCN(C(C)=O)CC1. The maximum absolute atomic E-state index is 11.6. The molecule has 1 fully saturated rings. The second-order valence-electron chi connectivity index (χ2n) is 7.39. The highest BCUT2D eigenvalue weighted by molar-refractivity contribution is 6.20. The summed E-state index contributed by atoms with van der Waals surface area (Å²) in [7, 11) is 1.79. The van der Waals surface area contributed by atoms with Crippen LogP contribution < -0.4 is 5.32 Å². The van der Waals surface area contributed by atoms with E-state index in [-0.39, 0.29) is 5.91 Å². The molecule has 2 N–H and O–H groups in total. The lowest BCUT2D eigenvalue weighted by molar-refractivity contribution is -0.130. The molecule has 10 heteroatoms. The standard InChI is InChI=1S/C22H29N9O/c1-16(23)19(13-25-4)20-15-31-18(12-28-22(31)14-26-20)11-27-21(5-6-24-3)30-9-7-29(8-10-30)17(2)32/h5-6,12-15,23,25H,3,7-11H2,1-2,4H3/b6-5-,19-13+,23-16?,27-21+. The number of amides is 1. The molecule has 1 aliphatic rings. The zero-order valence-electron chi connectivity index (χ0n) is 18.7. The molecule has 2 aromatic heterocycles. The highest BCUT2D eigenvalue weighted by Crippen LogP contribution is 2.16. The molecule has 1 aliphatic heterocycles. The minimum absolute atomic E-state index is 0.0911. The Hall–Kier alpha value is -3.82. The second kappa shape index (κ2) is 10.5. The molecule has 0 unspecified atom stereocenters. The lowest BCUT2D eigenvalue weighted by Crippen LogP contribution is -2.49. The molecule has 1 saturated heterocycles. The van der Waals surface area contributed by atoms with Crippen molar-refractivity contribution in [2.75, 3.05) is 33.2 Å². The first-order chi connectivity index (χ1) is 15.4. The third-order valence-electron chi connectivity index (χ3n) is 5.22. The molecular formula is C22H29N9O. The molecule has 3 rings (SSSR count). The van der Waals surface area contributed by atoms with Crippen molar-refractivity contribution >= 4 is 35.4 Å². The summed E-state index contributed by atoms with van der Waals surface area (Å²) in [5.74, 6) is 0.879. The number of imidazole rings is 1. The quantitative estimate of drug-likeness (QED) is 0.507. The summed E-state index contributed by atoms with van der Waals surface area (Å²) < 4.78 is 1.94. The first-order valence-corrected chi connectivity index (χ1v) is 10.4. The Kier molecular flexibility index (Phi) is 7.48. The van der Waals surface area contributed by atoms with Gasteiger partial charge in [0.05, 0.1) is 30.3 Å². The van der Waals surface area contributed by atoms with Gasteiger partial charge >= 0.3 is 0 Å². The number of fused-ring (bicyclic) bond motifs is 1. The molecule has 0 spiro atoms. The predicted molar refractivity (Wildman–Crippen MR) is 127 cm³/mol. The Bertz CT molecular complexity index is 1090. The molecule has 168 valence electrons. The molecule has 0 saturated carbocycles. The highest BCUT2D eigenvalue weighted by atomic mass is 16.2. The van der Waals surface area contributed by atoms with Crippen molar-refractivity contribution in [2.24, 2.45) is 9.98 Å². The van der Waals surface area contributed by atoms with Crippen molar-refractivity contribution in [2.45, 2.75) is 20.4 Å². The van der Waals surface area contributed by atoms with Gasteiger partial charge in [0.1, 0.15) is 5.84 Å². The maximum Gasteiger partial charge on any atom is 0.219 e. The molecule has 2 aromatic rings. The fraction of sp³-hybridized carbons (Fsp3) is 0.364. The molecule has 1 amide bonds. The predicted octanol–water partition coefficient (Wildman–Crippen LogP) is 1.61. The number of amidine groups is 1. The topological polar surface area (TPSA) is 114 Å². The Morgan fingerprint density at radius 1 is 1.22 bits per heavy atom. The van der Waals surface area contributed by atoms with E-state index in [9.17, 15) is 4.79 Å². The Morgan fingerprint density at radius 2 is 1.94 bits per heavy atom. The van der Waals surface area contributed by atoms with E-state index >= 15 is 0 Å². The average molecular weight is 436 g/mol. The number of piperazine rings is 1. The molecule has 0 aromatic carbocycles. The van der Waals surface area contributed by atoms with Crippen LogP contribution in [0.4, 0.5) is 0 Å². The largest absolute Gasteiger partial charge is 0.393 e. The number of allylic oxidation sites excluding steroid dienone is 1. The van der Waals surface area contributed by atoms with Crippen molar-refractivity contribution < 1.29 is 4.79 Å². The van der Waals surface area contributed by atoms with Gasteiger partial charge in [0.15, 0.2) is 5.65 Å². The van der Waals surface area contributed by atoms with Gasteiger partial charge in [0, 0.05) is 70.0 Å². The van der Waals surface area contributed by atoms with E-state index in [4.69, 9.17) is 10.4 Å². The second-order valence-corrected chi connectivity index (χ2v) is 7.39. The molecule has 32 heavy (non-hydrogen) atoms. The average Bonchev–Trinajstić information content (AvgIpc) is 3.19. The number of aromatic nitrogens is 3. The van der Waals surface area contributed by atoms with Crippen molar-refractivity contribution in [1.29, 1.82) is 5.41 Å². The van der Waals surface area contributed by atoms with E-state index in [0.717, 1.165) is 11.5 Å². The minimum Gasteiger partial charge on any atom is -0.393 e. The van der Waals surface area contributed by atoms with Gasteiger partial charge in [-0.1, -0.05) is 0 Å². The van der Waals surface area contributed by atoms with Crippen LogP contribution in [0.2, 0.25) is 0 Å². The van der Waals surface area contributed by atoms with Crippen molar-refractivity contribution in [3.8, 4) is 0 Å². The Labute approximate surface area is 187 Å². The monoisotopic (exact) mass is 435 g/mol. The van der Waals surface area contributed by atoms with E-state index in [1.54, 1.807) is 45.7 Å². The van der Waals surface area contributed by atoms with E-state index < -0.39 is 0 Å². The molecule has 3 heterocycles. The van der Waals surface area contributed by atoms with Crippen LogP contribution in [0.25, 0.3) is 11.2 Å². The number of carbonyl (C=O) groups is 1. The summed E-state index contributed by atoms with van der Waals surface area (Å²) in [6.45, 7) is 9.98. The first kappa shape index (κ1) is 22.9. The summed E-state index contributed by atoms with van der Waals surface area (Å²) in [5, 5.41) is 11.0. The Balaban J connectivity index is 1.87. The van der Waals surface area contributed by atoms with E-state index in [1.165, 1.54) is 0 Å². The summed E-state index contributed by atoms with van der Waals surface area (Å²) in [6.07, 6.45) is 10.6. The highest BCUT2D eigenvalue weighted by Gasteiger charge is 2.20. The van der Waals surface area contributed by atoms with Crippen LogP contribution in [0.3, 0.4) is 0 Å². The lowest BCUT2D eigenvalue weighted by atomic mass is 10.1. The van der Waals surface area contributed by atoms with Crippen LogP contribution >= 0.6 is 0 Å². The van der Waals surface area contributed by atoms with Crippen LogP contribution in [-0.2, 0) is 11.3 Å².